The van der Waals surface area contributed by atoms with E-state index in [2.05, 4.69) is 34.5 Å². The normalized spacial score (nSPS) is 22.9. The quantitative estimate of drug-likeness (QED) is 0.920. The number of ether oxygens (including phenoxy) is 1. The lowest BCUT2D eigenvalue weighted by molar-refractivity contribution is 0.103. The van der Waals surface area contributed by atoms with Crippen LogP contribution < -0.4 is 10.1 Å². The summed E-state index contributed by atoms with van der Waals surface area (Å²) < 4.78 is 5.32. The standard InChI is InChI=1S/C18H28N2O/c1-21-17-9-7-16(8-10-17)18(15-5-3-2-4-6-15)20-13-11-19-12-14-20/h7-10,15,18-19H,2-6,11-14H2,1H3/t18-/m1/s1. The van der Waals surface area contributed by atoms with Crippen molar-refractivity contribution in [2.75, 3.05) is 33.3 Å². The first-order valence-corrected chi connectivity index (χ1v) is 8.47. The van der Waals surface area contributed by atoms with Gasteiger partial charge in [0.25, 0.3) is 0 Å². The summed E-state index contributed by atoms with van der Waals surface area (Å²) in [5.41, 5.74) is 1.48. The van der Waals surface area contributed by atoms with E-state index in [0.717, 1.165) is 24.8 Å². The van der Waals surface area contributed by atoms with Crippen molar-refractivity contribution in [3.8, 4) is 5.75 Å². The van der Waals surface area contributed by atoms with Crippen molar-refractivity contribution in [3.05, 3.63) is 29.8 Å². The highest BCUT2D eigenvalue weighted by atomic mass is 16.5. The summed E-state index contributed by atoms with van der Waals surface area (Å²) >= 11 is 0. The molecule has 1 aliphatic heterocycles. The van der Waals surface area contributed by atoms with Crippen molar-refractivity contribution in [1.29, 1.82) is 0 Å². The first kappa shape index (κ1) is 14.9. The number of methoxy groups -OCH3 is 1. The molecule has 0 radical (unpaired) electrons. The lowest BCUT2D eigenvalue weighted by atomic mass is 9.80. The van der Waals surface area contributed by atoms with E-state index in [9.17, 15) is 0 Å². The molecule has 116 valence electrons. The van der Waals surface area contributed by atoms with Gasteiger partial charge in [0.2, 0.25) is 0 Å². The molecule has 0 amide bonds. The second kappa shape index (κ2) is 7.28. The number of rotatable bonds is 4. The number of benzene rings is 1. The highest BCUT2D eigenvalue weighted by Crippen LogP contribution is 2.38. The van der Waals surface area contributed by atoms with Crippen LogP contribution in [0.15, 0.2) is 24.3 Å². The minimum absolute atomic E-state index is 0.596. The number of nitrogens with zero attached hydrogens (tertiary/aromatic N) is 1. The highest BCUT2D eigenvalue weighted by Gasteiger charge is 2.30. The predicted octanol–water partition coefficient (Wildman–Crippen LogP) is 3.22. The molecule has 3 heteroatoms. The van der Waals surface area contributed by atoms with E-state index in [1.165, 1.54) is 50.8 Å². The molecule has 0 bridgehead atoms. The van der Waals surface area contributed by atoms with E-state index < -0.39 is 0 Å². The maximum atomic E-state index is 5.32. The van der Waals surface area contributed by atoms with Crippen LogP contribution in [0.4, 0.5) is 0 Å². The molecule has 1 heterocycles. The van der Waals surface area contributed by atoms with E-state index in [1.54, 1.807) is 7.11 Å². The number of piperazine rings is 1. The van der Waals surface area contributed by atoms with Crippen LogP contribution in [-0.4, -0.2) is 38.2 Å². The maximum absolute atomic E-state index is 5.32. The molecule has 21 heavy (non-hydrogen) atoms. The van der Waals surface area contributed by atoms with Gasteiger partial charge in [0.05, 0.1) is 7.11 Å². The predicted molar refractivity (Wildman–Crippen MR) is 86.8 cm³/mol. The van der Waals surface area contributed by atoms with Crippen LogP contribution in [-0.2, 0) is 0 Å². The number of nitrogens with one attached hydrogen (secondary N) is 1. The maximum Gasteiger partial charge on any atom is 0.118 e. The molecule has 1 saturated heterocycles. The molecule has 1 aromatic rings. The summed E-state index contributed by atoms with van der Waals surface area (Å²) in [4.78, 5) is 2.70. The van der Waals surface area contributed by atoms with E-state index in [0.29, 0.717) is 6.04 Å². The Labute approximate surface area is 128 Å². The van der Waals surface area contributed by atoms with Gasteiger partial charge in [0.15, 0.2) is 0 Å². The van der Waals surface area contributed by atoms with Gasteiger partial charge in [0, 0.05) is 32.2 Å². The van der Waals surface area contributed by atoms with Crippen LogP contribution in [0.25, 0.3) is 0 Å². The smallest absolute Gasteiger partial charge is 0.118 e. The van der Waals surface area contributed by atoms with E-state index >= 15 is 0 Å². The summed E-state index contributed by atoms with van der Waals surface area (Å²) in [6, 6.07) is 9.39. The lowest BCUT2D eigenvalue weighted by Gasteiger charge is -2.41. The molecule has 1 N–H and O–H groups in total. The van der Waals surface area contributed by atoms with E-state index in [1.807, 2.05) is 0 Å². The third-order valence-corrected chi connectivity index (χ3v) is 5.10. The van der Waals surface area contributed by atoms with Crippen LogP contribution in [0.1, 0.15) is 43.7 Å². The van der Waals surface area contributed by atoms with Crippen LogP contribution >= 0.6 is 0 Å². The van der Waals surface area contributed by atoms with Gasteiger partial charge in [-0.1, -0.05) is 31.4 Å². The Kier molecular flexibility index (Phi) is 5.15. The highest BCUT2D eigenvalue weighted by molar-refractivity contribution is 5.29. The molecule has 0 aromatic heterocycles. The first-order chi connectivity index (χ1) is 10.4. The van der Waals surface area contributed by atoms with Gasteiger partial charge < -0.3 is 10.1 Å². The monoisotopic (exact) mass is 288 g/mol. The van der Waals surface area contributed by atoms with Crippen molar-refractivity contribution in [2.24, 2.45) is 5.92 Å². The van der Waals surface area contributed by atoms with Crippen molar-refractivity contribution in [1.82, 2.24) is 10.2 Å². The minimum Gasteiger partial charge on any atom is -0.497 e. The molecule has 1 aromatic carbocycles. The Morgan fingerprint density at radius 1 is 1.05 bits per heavy atom. The van der Waals surface area contributed by atoms with Crippen molar-refractivity contribution < 1.29 is 4.74 Å². The molecule has 1 aliphatic carbocycles. The van der Waals surface area contributed by atoms with Gasteiger partial charge in [-0.15, -0.1) is 0 Å². The lowest BCUT2D eigenvalue weighted by Crippen LogP contribution is -2.47. The zero-order valence-electron chi connectivity index (χ0n) is 13.2. The van der Waals surface area contributed by atoms with E-state index in [-0.39, 0.29) is 0 Å². The minimum atomic E-state index is 0.596. The van der Waals surface area contributed by atoms with Gasteiger partial charge in [0.1, 0.15) is 5.75 Å². The van der Waals surface area contributed by atoms with Crippen molar-refractivity contribution in [2.45, 2.75) is 38.1 Å². The molecule has 0 unspecified atom stereocenters. The molecule has 2 fully saturated rings. The molecule has 1 saturated carbocycles. The fourth-order valence-corrected chi connectivity index (χ4v) is 3.99. The SMILES string of the molecule is COc1ccc([C@@H](C2CCCCC2)N2CCNCC2)cc1. The topological polar surface area (TPSA) is 24.5 Å². The van der Waals surface area contributed by atoms with Crippen molar-refractivity contribution >= 4 is 0 Å². The average Bonchev–Trinajstić information content (AvgIpc) is 2.58. The average molecular weight is 288 g/mol. The molecular formula is C18H28N2O. The van der Waals surface area contributed by atoms with Crippen LogP contribution in [0.5, 0.6) is 5.75 Å². The largest absolute Gasteiger partial charge is 0.497 e. The zero-order chi connectivity index (χ0) is 14.5. The van der Waals surface area contributed by atoms with Gasteiger partial charge in [-0.2, -0.15) is 0 Å². The molecule has 1 atom stereocenters. The summed E-state index contributed by atoms with van der Waals surface area (Å²) in [6.07, 6.45) is 7.02. The van der Waals surface area contributed by atoms with Gasteiger partial charge in [-0.05, 0) is 36.5 Å². The Bertz CT molecular complexity index is 401. The third-order valence-electron chi connectivity index (χ3n) is 5.10. The molecule has 2 aliphatic rings. The summed E-state index contributed by atoms with van der Waals surface area (Å²) in [6.45, 7) is 4.60. The fraction of sp³-hybridized carbons (Fsp3) is 0.667. The molecule has 0 spiro atoms. The Morgan fingerprint density at radius 3 is 2.33 bits per heavy atom. The van der Waals surface area contributed by atoms with Crippen LogP contribution in [0, 0.1) is 5.92 Å². The van der Waals surface area contributed by atoms with Gasteiger partial charge >= 0.3 is 0 Å². The van der Waals surface area contributed by atoms with Crippen LogP contribution in [0.3, 0.4) is 0 Å². The second-order valence-corrected chi connectivity index (χ2v) is 6.40. The summed E-state index contributed by atoms with van der Waals surface area (Å²) in [7, 11) is 1.74. The summed E-state index contributed by atoms with van der Waals surface area (Å²) in [5.74, 6) is 1.78. The summed E-state index contributed by atoms with van der Waals surface area (Å²) in [5, 5.41) is 3.48. The Morgan fingerprint density at radius 2 is 1.71 bits per heavy atom. The fourth-order valence-electron chi connectivity index (χ4n) is 3.99. The number of hydrogen-bond donors (Lipinski definition) is 1. The first-order valence-electron chi connectivity index (χ1n) is 8.47. The van der Waals surface area contributed by atoms with Gasteiger partial charge in [-0.3, -0.25) is 4.90 Å². The van der Waals surface area contributed by atoms with Gasteiger partial charge in [-0.25, -0.2) is 0 Å². The third kappa shape index (κ3) is 3.58. The van der Waals surface area contributed by atoms with Crippen LogP contribution in [0.2, 0.25) is 0 Å². The zero-order valence-corrected chi connectivity index (χ0v) is 13.2. The Balaban J connectivity index is 1.82. The molecule has 3 nitrogen and oxygen atoms in total. The van der Waals surface area contributed by atoms with E-state index in [4.69, 9.17) is 4.74 Å². The van der Waals surface area contributed by atoms with Crippen molar-refractivity contribution in [3.63, 3.8) is 0 Å². The Hall–Kier alpha value is -1.06. The number of hydrogen-bond acceptors (Lipinski definition) is 3. The molecular weight excluding hydrogens is 260 g/mol. The molecule has 3 rings (SSSR count). The second-order valence-electron chi connectivity index (χ2n) is 6.40.